The molecule has 2 fully saturated rings. The number of carbonyl (C=O) groups is 2. The number of hydrogen-bond donors (Lipinski definition) is 1. The van der Waals surface area contributed by atoms with Gasteiger partial charge in [-0.3, -0.25) is 9.59 Å². The Hall–Kier alpha value is -2.15. The number of amides is 2. The van der Waals surface area contributed by atoms with Crippen LogP contribution in [-0.2, 0) is 4.79 Å². The second-order valence-electron chi connectivity index (χ2n) is 7.57. The van der Waals surface area contributed by atoms with Crippen molar-refractivity contribution < 1.29 is 14.0 Å². The number of likely N-dealkylation sites (tertiary alicyclic amines) is 1. The van der Waals surface area contributed by atoms with Crippen molar-refractivity contribution in [3.63, 3.8) is 0 Å². The van der Waals surface area contributed by atoms with Crippen LogP contribution in [0.1, 0.15) is 22.5 Å². The van der Waals surface area contributed by atoms with Gasteiger partial charge in [0.15, 0.2) is 0 Å². The van der Waals surface area contributed by atoms with Crippen LogP contribution in [0.4, 0.5) is 4.39 Å². The van der Waals surface area contributed by atoms with Gasteiger partial charge in [-0.15, -0.1) is 11.3 Å². The van der Waals surface area contributed by atoms with Crippen LogP contribution in [-0.4, -0.2) is 35.3 Å². The molecule has 0 saturated carbocycles. The van der Waals surface area contributed by atoms with Gasteiger partial charge in [-0.25, -0.2) is 4.39 Å². The first-order valence-corrected chi connectivity index (χ1v) is 10.7. The summed E-state index contributed by atoms with van der Waals surface area (Å²) in [6, 6.07) is 9.82. The molecule has 29 heavy (non-hydrogen) atoms. The highest BCUT2D eigenvalue weighted by atomic mass is 35.5. The summed E-state index contributed by atoms with van der Waals surface area (Å²) in [6.07, 6.45) is 1.26. The van der Waals surface area contributed by atoms with Crippen molar-refractivity contribution in [3.8, 4) is 11.1 Å². The molecule has 0 atom stereocenters. The lowest BCUT2D eigenvalue weighted by Gasteiger charge is -2.47. The van der Waals surface area contributed by atoms with E-state index in [4.69, 9.17) is 23.2 Å². The van der Waals surface area contributed by atoms with Gasteiger partial charge >= 0.3 is 0 Å². The number of nitrogens with zero attached hydrogens (tertiary/aromatic N) is 1. The van der Waals surface area contributed by atoms with E-state index in [0.717, 1.165) is 16.5 Å². The second-order valence-corrected chi connectivity index (χ2v) is 9.44. The number of halogens is 3. The average molecular weight is 449 g/mol. The van der Waals surface area contributed by atoms with E-state index >= 15 is 0 Å². The molecule has 0 aliphatic carbocycles. The molecule has 2 saturated heterocycles. The topological polar surface area (TPSA) is 49.4 Å². The zero-order valence-electron chi connectivity index (χ0n) is 15.1. The maximum Gasteiger partial charge on any atom is 0.265 e. The van der Waals surface area contributed by atoms with Crippen LogP contribution in [0, 0.1) is 5.82 Å². The van der Waals surface area contributed by atoms with Crippen LogP contribution < -0.4 is 5.32 Å². The molecule has 5 rings (SSSR count). The average Bonchev–Trinajstić information content (AvgIpc) is 3.22. The Labute approximate surface area is 180 Å². The number of hydrogen-bond acceptors (Lipinski definition) is 3. The quantitative estimate of drug-likeness (QED) is 0.591. The zero-order valence-corrected chi connectivity index (χ0v) is 17.4. The first-order chi connectivity index (χ1) is 13.8. The molecule has 0 unspecified atom stereocenters. The molecule has 1 spiro atoms. The molecule has 3 heterocycles. The lowest BCUT2D eigenvalue weighted by Crippen LogP contribution is -2.68. The molecule has 1 N–H and O–H groups in total. The standard InChI is InChI=1S/C21H15Cl2FN2O2S/c22-12-2-4-15(24)14(8-12)11-1-3-13-16(7-11)29-19(18(13)23)20(28)26-9-21(10-26)6-5-17(27)25-21/h1-4,7-8H,5-6,9-10H2,(H,25,27). The molecule has 3 aromatic rings. The van der Waals surface area contributed by atoms with Gasteiger partial charge in [0.25, 0.3) is 5.91 Å². The Morgan fingerprint density at radius 1 is 1.17 bits per heavy atom. The highest BCUT2D eigenvalue weighted by molar-refractivity contribution is 7.21. The van der Waals surface area contributed by atoms with Gasteiger partial charge in [-0.1, -0.05) is 35.3 Å². The third-order valence-corrected chi connectivity index (χ3v) is 7.45. The summed E-state index contributed by atoms with van der Waals surface area (Å²) in [5, 5.41) is 4.59. The Morgan fingerprint density at radius 3 is 2.69 bits per heavy atom. The minimum atomic E-state index is -0.364. The smallest absolute Gasteiger partial charge is 0.265 e. The van der Waals surface area contributed by atoms with E-state index in [9.17, 15) is 14.0 Å². The zero-order chi connectivity index (χ0) is 20.3. The Balaban J connectivity index is 1.45. The maximum atomic E-state index is 14.2. The van der Waals surface area contributed by atoms with Gasteiger partial charge in [-0.2, -0.15) is 0 Å². The minimum absolute atomic E-state index is 0.0396. The highest BCUT2D eigenvalue weighted by Gasteiger charge is 2.49. The molecule has 2 aliphatic rings. The minimum Gasteiger partial charge on any atom is -0.347 e. The van der Waals surface area contributed by atoms with Crippen LogP contribution in [0.5, 0.6) is 0 Å². The van der Waals surface area contributed by atoms with E-state index in [-0.39, 0.29) is 23.2 Å². The summed E-state index contributed by atoms with van der Waals surface area (Å²) >= 11 is 13.8. The van der Waals surface area contributed by atoms with Crippen LogP contribution in [0.25, 0.3) is 21.2 Å². The van der Waals surface area contributed by atoms with Crippen LogP contribution in [0.2, 0.25) is 10.0 Å². The first-order valence-electron chi connectivity index (χ1n) is 9.13. The summed E-state index contributed by atoms with van der Waals surface area (Å²) in [5.41, 5.74) is 0.803. The van der Waals surface area contributed by atoms with E-state index in [1.165, 1.54) is 23.5 Å². The molecule has 2 amide bonds. The summed E-state index contributed by atoms with van der Waals surface area (Å²) < 4.78 is 15.0. The number of fused-ring (bicyclic) bond motifs is 1. The van der Waals surface area contributed by atoms with Gasteiger partial charge in [0.1, 0.15) is 10.7 Å². The molecule has 4 nitrogen and oxygen atoms in total. The van der Waals surface area contributed by atoms with Gasteiger partial charge in [-0.05, 0) is 36.2 Å². The highest BCUT2D eigenvalue weighted by Crippen LogP contribution is 2.40. The molecule has 8 heteroatoms. The number of thiophene rings is 1. The molecular weight excluding hydrogens is 434 g/mol. The number of carbonyl (C=O) groups excluding carboxylic acids is 2. The Kier molecular flexibility index (Phi) is 4.35. The third kappa shape index (κ3) is 3.10. The van der Waals surface area contributed by atoms with E-state index < -0.39 is 0 Å². The van der Waals surface area contributed by atoms with Crippen molar-refractivity contribution in [2.24, 2.45) is 0 Å². The molecule has 1 aromatic heterocycles. The van der Waals surface area contributed by atoms with Crippen LogP contribution in [0.3, 0.4) is 0 Å². The first kappa shape index (κ1) is 18.9. The van der Waals surface area contributed by atoms with Gasteiger partial charge < -0.3 is 10.2 Å². The molecular formula is C21H15Cl2FN2O2S. The van der Waals surface area contributed by atoms with E-state index in [1.54, 1.807) is 23.1 Å². The predicted molar refractivity (Wildman–Crippen MR) is 113 cm³/mol. The van der Waals surface area contributed by atoms with Crippen LogP contribution in [0.15, 0.2) is 36.4 Å². The summed E-state index contributed by atoms with van der Waals surface area (Å²) in [4.78, 5) is 26.6. The third-order valence-electron chi connectivity index (χ3n) is 5.57. The van der Waals surface area contributed by atoms with E-state index in [2.05, 4.69) is 5.32 Å². The van der Waals surface area contributed by atoms with Crippen LogP contribution >= 0.6 is 34.5 Å². The fraction of sp³-hybridized carbons (Fsp3) is 0.238. The van der Waals surface area contributed by atoms with Crippen molar-refractivity contribution in [2.45, 2.75) is 18.4 Å². The summed E-state index contributed by atoms with van der Waals surface area (Å²) in [6.45, 7) is 1.00. The van der Waals surface area contributed by atoms with Crippen molar-refractivity contribution in [1.82, 2.24) is 10.2 Å². The summed E-state index contributed by atoms with van der Waals surface area (Å²) in [7, 11) is 0. The van der Waals surface area contributed by atoms with Crippen molar-refractivity contribution in [1.29, 1.82) is 0 Å². The number of nitrogens with one attached hydrogen (secondary N) is 1. The number of benzene rings is 2. The van der Waals surface area contributed by atoms with Gasteiger partial charge in [0.2, 0.25) is 5.91 Å². The predicted octanol–water partition coefficient (Wildman–Crippen LogP) is 5.12. The molecule has 2 aliphatic heterocycles. The SMILES string of the molecule is O=C1CCC2(CN(C(=O)c3sc4cc(-c5cc(Cl)ccc5F)ccc4c3Cl)C2)N1. The number of rotatable bonds is 2. The fourth-order valence-electron chi connectivity index (χ4n) is 4.07. The van der Waals surface area contributed by atoms with Crippen molar-refractivity contribution >= 4 is 56.4 Å². The monoisotopic (exact) mass is 448 g/mol. The Morgan fingerprint density at radius 2 is 1.97 bits per heavy atom. The van der Waals surface area contributed by atoms with Crippen molar-refractivity contribution in [3.05, 3.63) is 57.1 Å². The Bertz CT molecular complexity index is 1190. The largest absolute Gasteiger partial charge is 0.347 e. The fourth-order valence-corrected chi connectivity index (χ4v) is 5.76. The van der Waals surface area contributed by atoms with E-state index in [1.807, 2.05) is 6.07 Å². The second kappa shape index (κ2) is 6.69. The molecule has 0 bridgehead atoms. The van der Waals surface area contributed by atoms with Gasteiger partial charge in [0, 0.05) is 40.2 Å². The molecule has 2 aromatic carbocycles. The summed E-state index contributed by atoms with van der Waals surface area (Å²) in [5.74, 6) is -0.464. The molecule has 148 valence electrons. The lowest BCUT2D eigenvalue weighted by atomic mass is 9.88. The molecule has 0 radical (unpaired) electrons. The van der Waals surface area contributed by atoms with E-state index in [0.29, 0.717) is 45.6 Å². The van der Waals surface area contributed by atoms with Crippen molar-refractivity contribution in [2.75, 3.05) is 13.1 Å². The normalized spacial score (nSPS) is 17.6. The lowest BCUT2D eigenvalue weighted by molar-refractivity contribution is -0.120. The maximum absolute atomic E-state index is 14.2. The van der Waals surface area contributed by atoms with Gasteiger partial charge in [0.05, 0.1) is 10.6 Å².